The minimum atomic E-state index is -0.973. The number of amides is 2. The van der Waals surface area contributed by atoms with Crippen molar-refractivity contribution in [2.45, 2.75) is 46.1 Å². The van der Waals surface area contributed by atoms with Crippen LogP contribution >= 0.6 is 0 Å². The highest BCUT2D eigenvalue weighted by Crippen LogP contribution is 2.23. The van der Waals surface area contributed by atoms with Crippen molar-refractivity contribution < 1.29 is 19.1 Å². The van der Waals surface area contributed by atoms with Gasteiger partial charge in [0, 0.05) is 18.3 Å². The summed E-state index contributed by atoms with van der Waals surface area (Å²) in [6.45, 7) is 9.23. The van der Waals surface area contributed by atoms with Crippen LogP contribution in [0.5, 0.6) is 0 Å². The monoisotopic (exact) mass is 382 g/mol. The molecule has 0 aliphatic rings. The first-order valence-electron chi connectivity index (χ1n) is 9.06. The van der Waals surface area contributed by atoms with Crippen molar-refractivity contribution in [1.82, 2.24) is 0 Å². The number of nitrogens with one attached hydrogen (secondary N) is 2. The largest absolute Gasteiger partial charge is 0.449 e. The highest BCUT2D eigenvalue weighted by Gasteiger charge is 2.20. The molecule has 6 nitrogen and oxygen atoms in total. The van der Waals surface area contributed by atoms with E-state index in [1.807, 2.05) is 24.3 Å². The van der Waals surface area contributed by atoms with Crippen LogP contribution in [0.4, 0.5) is 11.4 Å². The third kappa shape index (κ3) is 5.94. The molecule has 2 rings (SSSR count). The quantitative estimate of drug-likeness (QED) is 0.762. The van der Waals surface area contributed by atoms with Crippen LogP contribution in [0.1, 0.15) is 50.5 Å². The normalized spacial score (nSPS) is 12.0. The summed E-state index contributed by atoms with van der Waals surface area (Å²) >= 11 is 0. The minimum absolute atomic E-state index is 0.0249. The van der Waals surface area contributed by atoms with Gasteiger partial charge in [-0.05, 0) is 48.2 Å². The number of rotatable bonds is 5. The van der Waals surface area contributed by atoms with Crippen LogP contribution in [0, 0.1) is 0 Å². The second-order valence-corrected chi connectivity index (χ2v) is 7.63. The summed E-state index contributed by atoms with van der Waals surface area (Å²) in [4.78, 5) is 35.7. The number of benzene rings is 2. The van der Waals surface area contributed by atoms with E-state index in [-0.39, 0.29) is 16.9 Å². The van der Waals surface area contributed by atoms with Crippen molar-refractivity contribution in [3.05, 3.63) is 59.7 Å². The van der Waals surface area contributed by atoms with Gasteiger partial charge in [-0.25, -0.2) is 4.79 Å². The number of anilines is 2. The van der Waals surface area contributed by atoms with Crippen molar-refractivity contribution in [2.24, 2.45) is 0 Å². The molecule has 6 heteroatoms. The molecule has 0 unspecified atom stereocenters. The summed E-state index contributed by atoms with van der Waals surface area (Å²) in [6.07, 6.45) is -0.973. The van der Waals surface area contributed by atoms with Gasteiger partial charge in [0.05, 0.1) is 5.56 Å². The Morgan fingerprint density at radius 1 is 0.929 bits per heavy atom. The summed E-state index contributed by atoms with van der Waals surface area (Å²) in [6, 6.07) is 13.9. The Morgan fingerprint density at radius 2 is 1.57 bits per heavy atom. The van der Waals surface area contributed by atoms with Crippen LogP contribution in [0.25, 0.3) is 0 Å². The van der Waals surface area contributed by atoms with Crippen LogP contribution < -0.4 is 10.6 Å². The molecule has 0 saturated carbocycles. The Labute approximate surface area is 165 Å². The third-order valence-corrected chi connectivity index (χ3v) is 4.09. The third-order valence-electron chi connectivity index (χ3n) is 4.09. The van der Waals surface area contributed by atoms with Gasteiger partial charge in [0.15, 0.2) is 6.10 Å². The highest BCUT2D eigenvalue weighted by molar-refractivity contribution is 5.98. The molecule has 0 bridgehead atoms. The zero-order valence-electron chi connectivity index (χ0n) is 16.8. The Morgan fingerprint density at radius 3 is 2.14 bits per heavy atom. The molecule has 0 aromatic heterocycles. The first-order chi connectivity index (χ1) is 13.1. The molecule has 0 radical (unpaired) electrons. The molecule has 2 N–H and O–H groups in total. The molecule has 0 aliphatic carbocycles. The lowest BCUT2D eigenvalue weighted by Gasteiger charge is -2.19. The average Bonchev–Trinajstić information content (AvgIpc) is 2.61. The number of esters is 1. The maximum absolute atomic E-state index is 12.3. The lowest BCUT2D eigenvalue weighted by atomic mass is 9.87. The predicted molar refractivity (Wildman–Crippen MR) is 109 cm³/mol. The molecule has 0 heterocycles. The molecule has 2 aromatic carbocycles. The number of carbonyl (C=O) groups is 3. The van der Waals surface area contributed by atoms with Crippen LogP contribution in [-0.4, -0.2) is 23.9 Å². The molecule has 148 valence electrons. The van der Waals surface area contributed by atoms with Crippen molar-refractivity contribution in [1.29, 1.82) is 0 Å². The summed E-state index contributed by atoms with van der Waals surface area (Å²) in [5, 5.41) is 5.34. The Kier molecular flexibility index (Phi) is 6.57. The number of hydrogen-bond donors (Lipinski definition) is 2. The van der Waals surface area contributed by atoms with Gasteiger partial charge in [0.25, 0.3) is 5.91 Å². The summed E-state index contributed by atoms with van der Waals surface area (Å²) < 4.78 is 5.24. The fourth-order valence-corrected chi connectivity index (χ4v) is 2.51. The van der Waals surface area contributed by atoms with Gasteiger partial charge in [-0.2, -0.15) is 0 Å². The first-order valence-corrected chi connectivity index (χ1v) is 9.06. The van der Waals surface area contributed by atoms with E-state index in [4.69, 9.17) is 4.74 Å². The lowest BCUT2D eigenvalue weighted by Crippen LogP contribution is -2.30. The molecule has 0 spiro atoms. The topological polar surface area (TPSA) is 84.5 Å². The maximum atomic E-state index is 12.3. The van der Waals surface area contributed by atoms with Crippen LogP contribution in [0.15, 0.2) is 48.5 Å². The Balaban J connectivity index is 1.98. The fraction of sp³-hybridized carbons (Fsp3) is 0.318. The van der Waals surface area contributed by atoms with Gasteiger partial charge in [0.1, 0.15) is 0 Å². The molecular weight excluding hydrogens is 356 g/mol. The molecule has 0 aliphatic heterocycles. The van der Waals surface area contributed by atoms with Gasteiger partial charge in [0.2, 0.25) is 5.91 Å². The zero-order valence-corrected chi connectivity index (χ0v) is 16.8. The lowest BCUT2D eigenvalue weighted by molar-refractivity contribution is -0.123. The second kappa shape index (κ2) is 8.69. The molecule has 2 amide bonds. The molecule has 0 saturated heterocycles. The predicted octanol–water partition coefficient (Wildman–Crippen LogP) is 4.13. The molecule has 2 aromatic rings. The van der Waals surface area contributed by atoms with Crippen molar-refractivity contribution >= 4 is 29.2 Å². The Bertz CT molecular complexity index is 867. The maximum Gasteiger partial charge on any atom is 0.338 e. The summed E-state index contributed by atoms with van der Waals surface area (Å²) in [7, 11) is 0. The van der Waals surface area contributed by atoms with E-state index in [1.165, 1.54) is 19.9 Å². The van der Waals surface area contributed by atoms with Crippen molar-refractivity contribution in [2.75, 3.05) is 10.6 Å². The van der Waals surface area contributed by atoms with Crippen molar-refractivity contribution in [3.8, 4) is 0 Å². The summed E-state index contributed by atoms with van der Waals surface area (Å²) in [5.74, 6) is -1.30. The van der Waals surface area contributed by atoms with E-state index < -0.39 is 18.0 Å². The van der Waals surface area contributed by atoms with Gasteiger partial charge in [-0.15, -0.1) is 0 Å². The average molecular weight is 382 g/mol. The molecular formula is C22H26N2O4. The molecule has 28 heavy (non-hydrogen) atoms. The number of carbonyl (C=O) groups excluding carboxylic acids is 3. The Hall–Kier alpha value is -3.15. The minimum Gasteiger partial charge on any atom is -0.449 e. The zero-order chi connectivity index (χ0) is 20.9. The second-order valence-electron chi connectivity index (χ2n) is 7.63. The van der Waals surface area contributed by atoms with E-state index in [0.717, 1.165) is 5.56 Å². The van der Waals surface area contributed by atoms with Gasteiger partial charge in [-0.1, -0.05) is 39.0 Å². The van der Waals surface area contributed by atoms with Gasteiger partial charge < -0.3 is 15.4 Å². The van der Waals surface area contributed by atoms with Gasteiger partial charge >= 0.3 is 5.97 Å². The van der Waals surface area contributed by atoms with Gasteiger partial charge in [-0.3, -0.25) is 9.59 Å². The van der Waals surface area contributed by atoms with Crippen LogP contribution in [0.3, 0.4) is 0 Å². The SMILES string of the molecule is CC(=O)Nc1cccc(C(=O)O[C@H](C)C(=O)Nc2ccc(C(C)(C)C)cc2)c1. The van der Waals surface area contributed by atoms with E-state index in [9.17, 15) is 14.4 Å². The van der Waals surface area contributed by atoms with Crippen LogP contribution in [-0.2, 0) is 19.7 Å². The first kappa shape index (κ1) is 21.2. The summed E-state index contributed by atoms with van der Waals surface area (Å²) in [5.41, 5.74) is 2.55. The fourth-order valence-electron chi connectivity index (χ4n) is 2.51. The van der Waals surface area contributed by atoms with E-state index in [0.29, 0.717) is 11.4 Å². The van der Waals surface area contributed by atoms with E-state index in [2.05, 4.69) is 31.4 Å². The standard InChI is InChI=1S/C22H26N2O4/c1-14(20(26)24-18-11-9-17(10-12-18)22(3,4)5)28-21(27)16-7-6-8-19(13-16)23-15(2)25/h6-14H,1-5H3,(H,23,25)(H,24,26)/t14-/m1/s1. The smallest absolute Gasteiger partial charge is 0.338 e. The molecule has 1 atom stereocenters. The number of hydrogen-bond acceptors (Lipinski definition) is 4. The number of ether oxygens (including phenoxy) is 1. The van der Waals surface area contributed by atoms with Crippen LogP contribution in [0.2, 0.25) is 0 Å². The highest BCUT2D eigenvalue weighted by atomic mass is 16.5. The molecule has 0 fully saturated rings. The van der Waals surface area contributed by atoms with Crippen molar-refractivity contribution in [3.63, 3.8) is 0 Å². The van der Waals surface area contributed by atoms with E-state index in [1.54, 1.807) is 18.2 Å². The van der Waals surface area contributed by atoms with E-state index >= 15 is 0 Å².